The van der Waals surface area contributed by atoms with Crippen molar-refractivity contribution < 1.29 is 13.2 Å². The lowest BCUT2D eigenvalue weighted by atomic mass is 10.2. The molecule has 1 aromatic rings. The van der Waals surface area contributed by atoms with Crippen molar-refractivity contribution in [1.82, 2.24) is 4.72 Å². The molecule has 0 aromatic heterocycles. The number of methoxy groups -OCH3 is 1. The van der Waals surface area contributed by atoms with Gasteiger partial charge in [-0.05, 0) is 36.1 Å². The van der Waals surface area contributed by atoms with E-state index in [-0.39, 0.29) is 10.8 Å². The summed E-state index contributed by atoms with van der Waals surface area (Å²) < 4.78 is 32.1. The van der Waals surface area contributed by atoms with Gasteiger partial charge in [0.2, 0.25) is 10.0 Å². The molecule has 0 aliphatic rings. The van der Waals surface area contributed by atoms with Crippen LogP contribution in [-0.2, 0) is 10.0 Å². The Bertz CT molecular complexity index is 518. The number of rotatable bonds is 7. The zero-order valence-electron chi connectivity index (χ0n) is 11.3. The third kappa shape index (κ3) is 4.59. The second-order valence-electron chi connectivity index (χ2n) is 4.32. The zero-order valence-corrected chi connectivity index (χ0v) is 13.0. The van der Waals surface area contributed by atoms with Gasteiger partial charge >= 0.3 is 0 Å². The summed E-state index contributed by atoms with van der Waals surface area (Å²) in [7, 11) is -2.17. The second-order valence-corrected chi connectivity index (χ2v) is 6.97. The fraction of sp³-hybridized carbons (Fsp3) is 0.500. The van der Waals surface area contributed by atoms with Crippen LogP contribution in [0.3, 0.4) is 0 Å². The van der Waals surface area contributed by atoms with E-state index in [0.717, 1.165) is 5.75 Å². The van der Waals surface area contributed by atoms with E-state index >= 15 is 0 Å². The Morgan fingerprint density at radius 3 is 2.74 bits per heavy atom. The van der Waals surface area contributed by atoms with Gasteiger partial charge in [-0.25, -0.2) is 13.1 Å². The molecule has 0 aliphatic carbocycles. The second kappa shape index (κ2) is 7.02. The van der Waals surface area contributed by atoms with Gasteiger partial charge in [0.25, 0.3) is 0 Å². The van der Waals surface area contributed by atoms with Crippen LogP contribution in [-0.4, -0.2) is 34.1 Å². The van der Waals surface area contributed by atoms with Crippen LogP contribution in [0.2, 0.25) is 0 Å². The molecule has 19 heavy (non-hydrogen) atoms. The minimum absolute atomic E-state index is 0.0753. The maximum atomic E-state index is 12.2. The number of hydrogen-bond donors (Lipinski definition) is 2. The molecule has 1 rings (SSSR count). The molecular weight excluding hydrogens is 284 g/mol. The van der Waals surface area contributed by atoms with Crippen LogP contribution in [0.15, 0.2) is 23.1 Å². The first-order valence-electron chi connectivity index (χ1n) is 5.82. The predicted molar refractivity (Wildman–Crippen MR) is 80.1 cm³/mol. The van der Waals surface area contributed by atoms with Crippen LogP contribution in [0.5, 0.6) is 5.75 Å². The fourth-order valence-corrected chi connectivity index (χ4v) is 3.63. The van der Waals surface area contributed by atoms with E-state index in [4.69, 9.17) is 10.5 Å². The number of thioether (sulfide) groups is 1. The topological polar surface area (TPSA) is 81.4 Å². The highest BCUT2D eigenvalue weighted by Crippen LogP contribution is 2.25. The molecule has 0 aliphatic heterocycles. The molecule has 0 amide bonds. The molecule has 0 spiro atoms. The number of benzene rings is 1. The summed E-state index contributed by atoms with van der Waals surface area (Å²) in [5.74, 6) is 1.45. The molecule has 5 nitrogen and oxygen atoms in total. The number of sulfonamides is 1. The van der Waals surface area contributed by atoms with Crippen molar-refractivity contribution >= 4 is 27.5 Å². The summed E-state index contributed by atoms with van der Waals surface area (Å²) >= 11 is 1.69. The molecular formula is C12H20N2O3S2. The summed E-state index contributed by atoms with van der Waals surface area (Å²) in [4.78, 5) is 0.0753. The predicted octanol–water partition coefficient (Wildman–Crippen LogP) is 1.55. The number of nitrogens with one attached hydrogen (secondary N) is 1. The van der Waals surface area contributed by atoms with Crippen LogP contribution < -0.4 is 15.2 Å². The average Bonchev–Trinajstić information content (AvgIpc) is 2.37. The Kier molecular flexibility index (Phi) is 5.96. The first-order valence-corrected chi connectivity index (χ1v) is 8.70. The van der Waals surface area contributed by atoms with Crippen LogP contribution in [0.1, 0.15) is 6.92 Å². The minimum Gasteiger partial charge on any atom is -0.495 e. The first-order chi connectivity index (χ1) is 8.90. The Morgan fingerprint density at radius 2 is 2.16 bits per heavy atom. The Morgan fingerprint density at radius 1 is 1.47 bits per heavy atom. The van der Waals surface area contributed by atoms with E-state index in [1.165, 1.54) is 13.2 Å². The molecule has 7 heteroatoms. The van der Waals surface area contributed by atoms with Crippen molar-refractivity contribution in [3.05, 3.63) is 18.2 Å². The van der Waals surface area contributed by atoms with Crippen molar-refractivity contribution in [2.75, 3.05) is 31.4 Å². The quantitative estimate of drug-likeness (QED) is 0.747. The number of nitrogens with two attached hydrogens (primary N) is 1. The van der Waals surface area contributed by atoms with Gasteiger partial charge in [0.05, 0.1) is 7.11 Å². The summed E-state index contributed by atoms with van der Waals surface area (Å²) in [5.41, 5.74) is 6.02. The lowest BCUT2D eigenvalue weighted by molar-refractivity contribution is 0.402. The third-order valence-corrected chi connectivity index (χ3v) is 4.90. The molecule has 0 radical (unpaired) electrons. The normalized spacial score (nSPS) is 13.2. The summed E-state index contributed by atoms with van der Waals surface area (Å²) in [6, 6.07) is 4.56. The molecule has 108 valence electrons. The first kappa shape index (κ1) is 16.1. The highest BCUT2D eigenvalue weighted by molar-refractivity contribution is 7.98. The van der Waals surface area contributed by atoms with Crippen LogP contribution in [0.4, 0.5) is 5.69 Å². The Balaban J connectivity index is 2.91. The van der Waals surface area contributed by atoms with Gasteiger partial charge in [0, 0.05) is 12.2 Å². The lowest BCUT2D eigenvalue weighted by Crippen LogP contribution is -2.29. The summed E-state index contributed by atoms with van der Waals surface area (Å²) in [6.45, 7) is 2.39. The largest absolute Gasteiger partial charge is 0.495 e. The molecule has 1 atom stereocenters. The van der Waals surface area contributed by atoms with Crippen LogP contribution in [0, 0.1) is 5.92 Å². The average molecular weight is 304 g/mol. The number of nitrogen functional groups attached to an aromatic ring is 1. The lowest BCUT2D eigenvalue weighted by Gasteiger charge is -2.14. The molecule has 1 unspecified atom stereocenters. The number of anilines is 1. The Labute approximate surface area is 119 Å². The molecule has 0 fully saturated rings. The standard InChI is InChI=1S/C12H20N2O3S2/c1-9(8-18-3)7-14-19(15,16)12-6-10(13)4-5-11(12)17-2/h4-6,9,14H,7-8,13H2,1-3H3. The van der Waals surface area contributed by atoms with E-state index in [0.29, 0.717) is 18.0 Å². The highest BCUT2D eigenvalue weighted by Gasteiger charge is 2.20. The molecule has 0 saturated heterocycles. The summed E-state index contributed by atoms with van der Waals surface area (Å²) in [5, 5.41) is 0. The van der Waals surface area contributed by atoms with Crippen molar-refractivity contribution in [2.24, 2.45) is 5.92 Å². The van der Waals surface area contributed by atoms with Crippen LogP contribution >= 0.6 is 11.8 Å². The molecule has 0 bridgehead atoms. The smallest absolute Gasteiger partial charge is 0.244 e. The van der Waals surface area contributed by atoms with Crippen molar-refractivity contribution in [2.45, 2.75) is 11.8 Å². The SMILES string of the molecule is COc1ccc(N)cc1S(=O)(=O)NCC(C)CSC. The third-order valence-electron chi connectivity index (χ3n) is 2.55. The van der Waals surface area contributed by atoms with E-state index in [1.54, 1.807) is 23.9 Å². The summed E-state index contributed by atoms with van der Waals surface area (Å²) in [6.07, 6.45) is 1.99. The van der Waals surface area contributed by atoms with E-state index in [2.05, 4.69) is 4.72 Å². The van der Waals surface area contributed by atoms with Gasteiger partial charge < -0.3 is 10.5 Å². The van der Waals surface area contributed by atoms with Crippen molar-refractivity contribution in [1.29, 1.82) is 0 Å². The van der Waals surface area contributed by atoms with Gasteiger partial charge in [-0.2, -0.15) is 11.8 Å². The number of ether oxygens (including phenoxy) is 1. The molecule has 0 heterocycles. The van der Waals surface area contributed by atoms with Crippen molar-refractivity contribution in [3.8, 4) is 5.75 Å². The van der Waals surface area contributed by atoms with Gasteiger partial charge in [0.15, 0.2) is 0 Å². The minimum atomic E-state index is -3.60. The van der Waals surface area contributed by atoms with Gasteiger partial charge in [-0.15, -0.1) is 0 Å². The highest BCUT2D eigenvalue weighted by atomic mass is 32.2. The Hall–Kier alpha value is -0.920. The maximum Gasteiger partial charge on any atom is 0.244 e. The van der Waals surface area contributed by atoms with Gasteiger partial charge in [-0.1, -0.05) is 6.92 Å². The maximum absolute atomic E-state index is 12.2. The molecule has 3 N–H and O–H groups in total. The molecule has 0 saturated carbocycles. The van der Waals surface area contributed by atoms with Crippen LogP contribution in [0.25, 0.3) is 0 Å². The van der Waals surface area contributed by atoms with Gasteiger partial charge in [-0.3, -0.25) is 0 Å². The fourth-order valence-electron chi connectivity index (χ4n) is 1.58. The zero-order chi connectivity index (χ0) is 14.5. The number of hydrogen-bond acceptors (Lipinski definition) is 5. The van der Waals surface area contributed by atoms with E-state index in [1.807, 2.05) is 13.2 Å². The van der Waals surface area contributed by atoms with Gasteiger partial charge in [0.1, 0.15) is 10.6 Å². The van der Waals surface area contributed by atoms with E-state index < -0.39 is 10.0 Å². The molecule has 1 aromatic carbocycles. The van der Waals surface area contributed by atoms with E-state index in [9.17, 15) is 8.42 Å². The monoisotopic (exact) mass is 304 g/mol. The van der Waals surface area contributed by atoms with Crippen molar-refractivity contribution in [3.63, 3.8) is 0 Å².